The summed E-state index contributed by atoms with van der Waals surface area (Å²) in [4.78, 5) is 20.6. The standard InChI is InChI=1S/C13H20N4O3S/c1-21-12-14-5-2-10(16-12)11(18)8-15-9-3-6-17(7-4-9)13(19)20/h2,5,9,11,15,18H,3-4,6-8H2,1H3,(H,19,20). The lowest BCUT2D eigenvalue weighted by atomic mass is 10.1. The van der Waals surface area contributed by atoms with Gasteiger partial charge in [0.1, 0.15) is 6.10 Å². The van der Waals surface area contributed by atoms with Crippen molar-refractivity contribution < 1.29 is 15.0 Å². The Morgan fingerprint density at radius 2 is 2.29 bits per heavy atom. The van der Waals surface area contributed by atoms with Crippen LogP contribution in [0.2, 0.25) is 0 Å². The second-order valence-corrected chi connectivity index (χ2v) is 5.71. The van der Waals surface area contributed by atoms with Crippen molar-refractivity contribution in [3.63, 3.8) is 0 Å². The molecule has 0 saturated carbocycles. The van der Waals surface area contributed by atoms with Crippen molar-refractivity contribution in [2.75, 3.05) is 25.9 Å². The molecule has 0 aliphatic carbocycles. The summed E-state index contributed by atoms with van der Waals surface area (Å²) in [7, 11) is 0. The molecule has 2 heterocycles. The first kappa shape index (κ1) is 16.0. The first-order valence-electron chi connectivity index (χ1n) is 6.86. The van der Waals surface area contributed by atoms with E-state index in [4.69, 9.17) is 5.11 Å². The quantitative estimate of drug-likeness (QED) is 0.550. The summed E-state index contributed by atoms with van der Waals surface area (Å²) in [5.74, 6) is 0. The van der Waals surface area contributed by atoms with E-state index in [9.17, 15) is 9.90 Å². The van der Waals surface area contributed by atoms with Gasteiger partial charge in [-0.05, 0) is 25.2 Å². The Morgan fingerprint density at radius 3 is 2.90 bits per heavy atom. The smallest absolute Gasteiger partial charge is 0.407 e. The summed E-state index contributed by atoms with van der Waals surface area (Å²) in [6.07, 6.45) is 3.51. The normalized spacial score (nSPS) is 17.7. The van der Waals surface area contributed by atoms with E-state index in [2.05, 4.69) is 15.3 Å². The summed E-state index contributed by atoms with van der Waals surface area (Å²) in [6.45, 7) is 1.48. The molecule has 2 rings (SSSR count). The highest BCUT2D eigenvalue weighted by Gasteiger charge is 2.22. The average Bonchev–Trinajstić information content (AvgIpc) is 2.53. The van der Waals surface area contributed by atoms with Crippen LogP contribution in [0, 0.1) is 0 Å². The van der Waals surface area contributed by atoms with Crippen molar-refractivity contribution in [2.45, 2.75) is 30.1 Å². The number of carboxylic acid groups (broad SMARTS) is 1. The number of hydrogen-bond acceptors (Lipinski definition) is 6. The van der Waals surface area contributed by atoms with Gasteiger partial charge in [0.2, 0.25) is 0 Å². The number of amides is 1. The molecule has 0 radical (unpaired) electrons. The molecule has 0 spiro atoms. The van der Waals surface area contributed by atoms with Gasteiger partial charge in [-0.25, -0.2) is 14.8 Å². The largest absolute Gasteiger partial charge is 0.465 e. The minimum atomic E-state index is -0.862. The highest BCUT2D eigenvalue weighted by molar-refractivity contribution is 7.98. The van der Waals surface area contributed by atoms with Crippen LogP contribution >= 0.6 is 11.8 Å². The second kappa shape index (κ2) is 7.58. The van der Waals surface area contributed by atoms with E-state index in [1.807, 2.05) is 6.26 Å². The number of piperidine rings is 1. The van der Waals surface area contributed by atoms with E-state index in [-0.39, 0.29) is 6.04 Å². The number of aromatic nitrogens is 2. The Balaban J connectivity index is 1.79. The van der Waals surface area contributed by atoms with E-state index in [0.717, 1.165) is 12.8 Å². The molecule has 1 aliphatic rings. The SMILES string of the molecule is CSc1nccc(C(O)CNC2CCN(C(=O)O)CC2)n1. The number of rotatable bonds is 5. The monoisotopic (exact) mass is 312 g/mol. The molecule has 21 heavy (non-hydrogen) atoms. The first-order valence-corrected chi connectivity index (χ1v) is 8.09. The lowest BCUT2D eigenvalue weighted by molar-refractivity contribution is 0.122. The Bertz CT molecular complexity index is 480. The predicted molar refractivity (Wildman–Crippen MR) is 79.4 cm³/mol. The highest BCUT2D eigenvalue weighted by Crippen LogP contribution is 2.15. The fourth-order valence-electron chi connectivity index (χ4n) is 2.30. The van der Waals surface area contributed by atoms with Crippen molar-refractivity contribution >= 4 is 17.9 Å². The van der Waals surface area contributed by atoms with E-state index in [1.54, 1.807) is 12.3 Å². The maximum Gasteiger partial charge on any atom is 0.407 e. The molecule has 1 aliphatic heterocycles. The van der Waals surface area contributed by atoms with E-state index in [1.165, 1.54) is 16.7 Å². The maximum atomic E-state index is 10.8. The molecule has 1 atom stereocenters. The molecule has 116 valence electrons. The zero-order valence-corrected chi connectivity index (χ0v) is 12.7. The fourth-order valence-corrected chi connectivity index (χ4v) is 2.66. The molecule has 1 saturated heterocycles. The van der Waals surface area contributed by atoms with Gasteiger partial charge in [0.05, 0.1) is 5.69 Å². The van der Waals surface area contributed by atoms with Crippen LogP contribution in [0.15, 0.2) is 17.4 Å². The minimum absolute atomic E-state index is 0.233. The molecule has 8 heteroatoms. The van der Waals surface area contributed by atoms with Crippen LogP contribution in [0.3, 0.4) is 0 Å². The van der Waals surface area contributed by atoms with Gasteiger partial charge in [-0.1, -0.05) is 11.8 Å². The van der Waals surface area contributed by atoms with Gasteiger partial charge in [-0.3, -0.25) is 0 Å². The molecule has 1 fully saturated rings. The van der Waals surface area contributed by atoms with Gasteiger partial charge >= 0.3 is 6.09 Å². The molecular formula is C13H20N4O3S. The summed E-state index contributed by atoms with van der Waals surface area (Å²) in [5.41, 5.74) is 0.602. The summed E-state index contributed by atoms with van der Waals surface area (Å²) < 4.78 is 0. The molecule has 3 N–H and O–H groups in total. The summed E-state index contributed by atoms with van der Waals surface area (Å²) in [5, 5.41) is 23.0. The van der Waals surface area contributed by atoms with Crippen LogP contribution in [-0.2, 0) is 0 Å². The predicted octanol–water partition coefficient (Wildman–Crippen LogP) is 0.964. The Labute approximate surface area is 127 Å². The number of carbonyl (C=O) groups is 1. The number of aliphatic hydroxyl groups excluding tert-OH is 1. The third-order valence-corrected chi connectivity index (χ3v) is 4.11. The number of aliphatic hydroxyl groups is 1. The Morgan fingerprint density at radius 1 is 1.57 bits per heavy atom. The second-order valence-electron chi connectivity index (χ2n) is 4.94. The van der Waals surface area contributed by atoms with Crippen LogP contribution in [0.4, 0.5) is 4.79 Å². The van der Waals surface area contributed by atoms with Crippen LogP contribution < -0.4 is 5.32 Å². The van der Waals surface area contributed by atoms with Crippen molar-refractivity contribution in [1.82, 2.24) is 20.2 Å². The van der Waals surface area contributed by atoms with Crippen LogP contribution in [0.1, 0.15) is 24.6 Å². The number of hydrogen-bond donors (Lipinski definition) is 3. The maximum absolute atomic E-state index is 10.8. The van der Waals surface area contributed by atoms with Crippen LogP contribution in [-0.4, -0.2) is 63.1 Å². The van der Waals surface area contributed by atoms with Gasteiger partial charge in [0.25, 0.3) is 0 Å². The highest BCUT2D eigenvalue weighted by atomic mass is 32.2. The van der Waals surface area contributed by atoms with E-state index in [0.29, 0.717) is 30.5 Å². The van der Waals surface area contributed by atoms with Crippen molar-refractivity contribution in [1.29, 1.82) is 0 Å². The molecule has 1 aromatic rings. The minimum Gasteiger partial charge on any atom is -0.465 e. The molecule has 1 aromatic heterocycles. The third-order valence-electron chi connectivity index (χ3n) is 3.54. The van der Waals surface area contributed by atoms with E-state index >= 15 is 0 Å². The first-order chi connectivity index (χ1) is 10.1. The summed E-state index contributed by atoms with van der Waals surface area (Å²) >= 11 is 1.43. The summed E-state index contributed by atoms with van der Waals surface area (Å²) in [6, 6.07) is 1.94. The zero-order valence-electron chi connectivity index (χ0n) is 11.9. The molecular weight excluding hydrogens is 292 g/mol. The van der Waals surface area contributed by atoms with Crippen LogP contribution in [0.5, 0.6) is 0 Å². The average molecular weight is 312 g/mol. The number of nitrogens with zero attached hydrogens (tertiary/aromatic N) is 3. The number of likely N-dealkylation sites (tertiary alicyclic amines) is 1. The van der Waals surface area contributed by atoms with Gasteiger partial charge in [-0.15, -0.1) is 0 Å². The number of thioether (sulfide) groups is 1. The van der Waals surface area contributed by atoms with Gasteiger partial charge in [0.15, 0.2) is 5.16 Å². The molecule has 7 nitrogen and oxygen atoms in total. The fraction of sp³-hybridized carbons (Fsp3) is 0.615. The number of nitrogens with one attached hydrogen (secondary N) is 1. The third kappa shape index (κ3) is 4.55. The Hall–Kier alpha value is -1.38. The van der Waals surface area contributed by atoms with Crippen molar-refractivity contribution in [3.05, 3.63) is 18.0 Å². The van der Waals surface area contributed by atoms with Gasteiger partial charge in [0, 0.05) is 31.9 Å². The lowest BCUT2D eigenvalue weighted by Crippen LogP contribution is -2.45. The lowest BCUT2D eigenvalue weighted by Gasteiger charge is -2.31. The van der Waals surface area contributed by atoms with Gasteiger partial charge in [-0.2, -0.15) is 0 Å². The molecule has 0 bridgehead atoms. The topological polar surface area (TPSA) is 98.6 Å². The van der Waals surface area contributed by atoms with E-state index < -0.39 is 12.2 Å². The molecule has 1 amide bonds. The molecule has 0 aromatic carbocycles. The van der Waals surface area contributed by atoms with Gasteiger partial charge < -0.3 is 20.4 Å². The van der Waals surface area contributed by atoms with Crippen molar-refractivity contribution in [3.8, 4) is 0 Å². The zero-order chi connectivity index (χ0) is 15.2. The molecule has 1 unspecified atom stereocenters. The van der Waals surface area contributed by atoms with Crippen LogP contribution in [0.25, 0.3) is 0 Å². The Kier molecular flexibility index (Phi) is 5.77. The van der Waals surface area contributed by atoms with Crippen molar-refractivity contribution in [2.24, 2.45) is 0 Å².